The van der Waals surface area contributed by atoms with Crippen molar-refractivity contribution in [2.24, 2.45) is 0 Å². The first kappa shape index (κ1) is 16.4. The number of aromatic amines is 1. The maximum absolute atomic E-state index is 12.6. The van der Waals surface area contributed by atoms with Crippen LogP contribution in [0.15, 0.2) is 41.7 Å². The maximum atomic E-state index is 12.6. The summed E-state index contributed by atoms with van der Waals surface area (Å²) < 4.78 is 5.64. The van der Waals surface area contributed by atoms with Gasteiger partial charge in [-0.15, -0.1) is 0 Å². The number of nitrogens with one attached hydrogen (secondary N) is 2. The fourth-order valence-electron chi connectivity index (χ4n) is 3.49. The van der Waals surface area contributed by atoms with Crippen molar-refractivity contribution in [3.63, 3.8) is 0 Å². The van der Waals surface area contributed by atoms with Gasteiger partial charge in [0.1, 0.15) is 5.65 Å². The van der Waals surface area contributed by atoms with E-state index >= 15 is 0 Å². The Bertz CT molecular complexity index is 935. The van der Waals surface area contributed by atoms with Crippen molar-refractivity contribution in [2.45, 2.75) is 38.1 Å². The Morgan fingerprint density at radius 1 is 1.35 bits per heavy atom. The number of pyridine rings is 1. The van der Waals surface area contributed by atoms with Gasteiger partial charge in [-0.1, -0.05) is 19.3 Å². The van der Waals surface area contributed by atoms with Gasteiger partial charge >= 0.3 is 5.97 Å². The zero-order chi connectivity index (χ0) is 18.1. The number of rotatable bonds is 4. The Labute approximate surface area is 149 Å². The Morgan fingerprint density at radius 2 is 2.15 bits per heavy atom. The lowest BCUT2D eigenvalue weighted by Crippen LogP contribution is -2.31. The summed E-state index contributed by atoms with van der Waals surface area (Å²) in [5, 5.41) is 13.4. The fraction of sp³-hybridized carbons (Fsp3) is 0.316. The molecule has 0 bridgehead atoms. The number of hydrogen-bond acceptors (Lipinski definition) is 5. The highest BCUT2D eigenvalue weighted by atomic mass is 16.5. The fourth-order valence-corrected chi connectivity index (χ4v) is 3.49. The average Bonchev–Trinajstić information content (AvgIpc) is 3.18. The molecule has 2 aromatic heterocycles. The normalized spacial score (nSPS) is 20.0. The monoisotopic (exact) mass is 353 g/mol. The Hall–Kier alpha value is -3.09. The van der Waals surface area contributed by atoms with Crippen molar-refractivity contribution in [1.82, 2.24) is 15.3 Å². The summed E-state index contributed by atoms with van der Waals surface area (Å²) in [5.41, 5.74) is 1.08. The maximum Gasteiger partial charge on any atom is 0.345 e. The lowest BCUT2D eigenvalue weighted by molar-refractivity contribution is -0.134. The van der Waals surface area contributed by atoms with E-state index in [-0.39, 0.29) is 23.3 Å². The minimum Gasteiger partial charge on any atom is -0.477 e. The summed E-state index contributed by atoms with van der Waals surface area (Å²) in [6, 6.07) is 3.81. The van der Waals surface area contributed by atoms with E-state index in [1.807, 2.05) is 6.07 Å². The van der Waals surface area contributed by atoms with Crippen LogP contribution in [0, 0.1) is 0 Å². The number of fused-ring (bicyclic) bond motifs is 1. The number of nitrogens with zero attached hydrogens (tertiary/aromatic N) is 1. The van der Waals surface area contributed by atoms with Crippen LogP contribution in [0.3, 0.4) is 0 Å². The van der Waals surface area contributed by atoms with Crippen LogP contribution >= 0.6 is 0 Å². The van der Waals surface area contributed by atoms with E-state index in [0.717, 1.165) is 36.6 Å². The first-order chi connectivity index (χ1) is 12.6. The summed E-state index contributed by atoms with van der Waals surface area (Å²) >= 11 is 0. The molecule has 4 rings (SSSR count). The molecule has 0 radical (unpaired) electrons. The number of carboxylic acids is 1. The van der Waals surface area contributed by atoms with E-state index in [1.54, 1.807) is 24.5 Å². The number of carbonyl (C=O) groups is 2. The Morgan fingerprint density at radius 3 is 2.92 bits per heavy atom. The van der Waals surface area contributed by atoms with Crippen molar-refractivity contribution >= 4 is 28.9 Å². The molecule has 3 N–H and O–H groups in total. The van der Waals surface area contributed by atoms with Crippen LogP contribution < -0.4 is 5.32 Å². The third-order valence-electron chi connectivity index (χ3n) is 4.81. The second kappa shape index (κ2) is 6.67. The van der Waals surface area contributed by atoms with Gasteiger partial charge < -0.3 is 20.1 Å². The number of allylic oxidation sites excluding steroid dienone is 1. The second-order valence-electron chi connectivity index (χ2n) is 6.57. The molecule has 0 saturated heterocycles. The first-order valence-electron chi connectivity index (χ1n) is 8.74. The topological polar surface area (TPSA) is 104 Å². The van der Waals surface area contributed by atoms with Gasteiger partial charge in [0.2, 0.25) is 11.7 Å². The number of ether oxygens (including phenoxy) is 1. The van der Waals surface area contributed by atoms with Gasteiger partial charge in [0.05, 0.1) is 0 Å². The molecule has 7 heteroatoms. The lowest BCUT2D eigenvalue weighted by Gasteiger charge is -2.23. The first-order valence-corrected chi connectivity index (χ1v) is 8.74. The number of carboxylic acid groups (broad SMARTS) is 1. The largest absolute Gasteiger partial charge is 0.477 e. The summed E-state index contributed by atoms with van der Waals surface area (Å²) in [7, 11) is 0. The number of H-pyrrole nitrogens is 1. The van der Waals surface area contributed by atoms with E-state index in [4.69, 9.17) is 4.74 Å². The number of Topliss-reactive ketones (excluding diaryl/α,β-unsaturated/α-hetero) is 1. The van der Waals surface area contributed by atoms with Crippen molar-refractivity contribution in [2.75, 3.05) is 0 Å². The molecule has 26 heavy (non-hydrogen) atoms. The van der Waals surface area contributed by atoms with Gasteiger partial charge in [-0.25, -0.2) is 9.78 Å². The predicted molar refractivity (Wildman–Crippen MR) is 94.8 cm³/mol. The highest BCUT2D eigenvalue weighted by molar-refractivity contribution is 6.26. The summed E-state index contributed by atoms with van der Waals surface area (Å²) in [6.07, 6.45) is 10.2. The SMILES string of the molecule is O=C(O)C1=C(NC2CCCCC2)O/C(=C\c2c[nH]c3ncccc23)C1=O. The number of carbonyl (C=O) groups excluding carboxylic acids is 1. The number of hydrogen-bond donors (Lipinski definition) is 3. The quantitative estimate of drug-likeness (QED) is 0.577. The predicted octanol–water partition coefficient (Wildman–Crippen LogP) is 2.72. The molecule has 7 nitrogen and oxygen atoms in total. The molecule has 0 aromatic carbocycles. The molecule has 1 aliphatic heterocycles. The second-order valence-corrected chi connectivity index (χ2v) is 6.57. The van der Waals surface area contributed by atoms with E-state index in [9.17, 15) is 14.7 Å². The highest BCUT2D eigenvalue weighted by Gasteiger charge is 2.36. The number of ketones is 1. The molecule has 3 heterocycles. The molecular formula is C19H19N3O4. The minimum absolute atomic E-state index is 0.00506. The molecule has 0 unspecified atom stereocenters. The molecule has 1 aliphatic carbocycles. The van der Waals surface area contributed by atoms with Crippen LogP contribution in [-0.2, 0) is 14.3 Å². The van der Waals surface area contributed by atoms with Gasteiger partial charge in [-0.3, -0.25) is 4.79 Å². The molecule has 0 spiro atoms. The van der Waals surface area contributed by atoms with E-state index in [0.29, 0.717) is 5.65 Å². The van der Waals surface area contributed by atoms with E-state index in [1.165, 1.54) is 6.42 Å². The molecule has 1 fully saturated rings. The van der Waals surface area contributed by atoms with Crippen LogP contribution in [0.2, 0.25) is 0 Å². The van der Waals surface area contributed by atoms with Crippen LogP contribution in [0.5, 0.6) is 0 Å². The van der Waals surface area contributed by atoms with Crippen molar-refractivity contribution in [3.8, 4) is 0 Å². The summed E-state index contributed by atoms with van der Waals surface area (Å²) in [4.78, 5) is 31.4. The van der Waals surface area contributed by atoms with Crippen LogP contribution in [0.1, 0.15) is 37.7 Å². The average molecular weight is 353 g/mol. The molecule has 2 aromatic rings. The third kappa shape index (κ3) is 2.96. The van der Waals surface area contributed by atoms with Crippen molar-refractivity contribution < 1.29 is 19.4 Å². The zero-order valence-electron chi connectivity index (χ0n) is 14.1. The van der Waals surface area contributed by atoms with Gasteiger partial charge in [0.15, 0.2) is 11.3 Å². The van der Waals surface area contributed by atoms with Gasteiger partial charge in [-0.05, 0) is 31.1 Å². The van der Waals surface area contributed by atoms with E-state index < -0.39 is 11.8 Å². The molecule has 0 atom stereocenters. The smallest absolute Gasteiger partial charge is 0.345 e. The third-order valence-corrected chi connectivity index (χ3v) is 4.81. The summed E-state index contributed by atoms with van der Waals surface area (Å²) in [5.74, 6) is -1.84. The van der Waals surface area contributed by atoms with Crippen LogP contribution in [0.4, 0.5) is 0 Å². The standard InChI is InChI=1S/C19H19N3O4/c23-16-14(9-11-10-21-17-13(11)7-4-8-20-17)26-18(15(16)19(24)25)22-12-5-2-1-3-6-12/h4,7-10,12,22H,1-3,5-6H2,(H,20,21)(H,24,25)/b14-9-. The van der Waals surface area contributed by atoms with E-state index in [2.05, 4.69) is 15.3 Å². The molecule has 1 saturated carbocycles. The van der Waals surface area contributed by atoms with Crippen LogP contribution in [0.25, 0.3) is 17.1 Å². The number of aromatic nitrogens is 2. The molecular weight excluding hydrogens is 334 g/mol. The molecule has 134 valence electrons. The Kier molecular flexibility index (Phi) is 4.20. The Balaban J connectivity index is 1.63. The molecule has 0 amide bonds. The van der Waals surface area contributed by atoms with Gasteiger partial charge in [0.25, 0.3) is 0 Å². The zero-order valence-corrected chi connectivity index (χ0v) is 14.1. The van der Waals surface area contributed by atoms with Crippen molar-refractivity contribution in [3.05, 3.63) is 47.3 Å². The molecule has 2 aliphatic rings. The highest BCUT2D eigenvalue weighted by Crippen LogP contribution is 2.29. The van der Waals surface area contributed by atoms with Crippen LogP contribution in [-0.4, -0.2) is 32.9 Å². The summed E-state index contributed by atoms with van der Waals surface area (Å²) in [6.45, 7) is 0. The van der Waals surface area contributed by atoms with Gasteiger partial charge in [0, 0.05) is 29.4 Å². The lowest BCUT2D eigenvalue weighted by atomic mass is 9.95. The van der Waals surface area contributed by atoms with Crippen molar-refractivity contribution in [1.29, 1.82) is 0 Å². The van der Waals surface area contributed by atoms with Gasteiger partial charge in [-0.2, -0.15) is 0 Å². The minimum atomic E-state index is -1.28. The number of aliphatic carboxylic acids is 1.